The molecule has 8 rings (SSSR count). The van der Waals surface area contributed by atoms with Crippen LogP contribution >= 0.6 is 0 Å². The Bertz CT molecular complexity index is 2240. The molecule has 4 unspecified atom stereocenters. The average Bonchev–Trinajstić information content (AvgIpc) is 4.18. The maximum Gasteiger partial charge on any atom is 0.407 e. The Labute approximate surface area is 425 Å². The summed E-state index contributed by atoms with van der Waals surface area (Å²) >= 11 is 0. The van der Waals surface area contributed by atoms with Crippen LogP contribution in [0.4, 0.5) is 9.59 Å². The van der Waals surface area contributed by atoms with Gasteiger partial charge in [0.2, 0.25) is 13.6 Å². The van der Waals surface area contributed by atoms with Gasteiger partial charge in [0.25, 0.3) is 0 Å². The van der Waals surface area contributed by atoms with Crippen molar-refractivity contribution < 1.29 is 57.9 Å². The van der Waals surface area contributed by atoms with Gasteiger partial charge in [0.05, 0.1) is 43.0 Å². The Morgan fingerprint density at radius 2 is 1.08 bits per heavy atom. The molecule has 16 heteroatoms. The van der Waals surface area contributed by atoms with Crippen LogP contribution in [-0.2, 0) is 38.5 Å². The maximum absolute atomic E-state index is 12.6. The summed E-state index contributed by atoms with van der Waals surface area (Å²) in [5.74, 6) is 3.15. The number of carbonyl (C=O) groups excluding carboxylic acids is 2. The van der Waals surface area contributed by atoms with E-state index in [-0.39, 0.29) is 32.1 Å². The molecule has 2 fully saturated rings. The van der Waals surface area contributed by atoms with E-state index in [1.165, 1.54) is 18.4 Å². The highest BCUT2D eigenvalue weighted by atomic mass is 16.7. The Hall–Kier alpha value is -5.62. The van der Waals surface area contributed by atoms with Gasteiger partial charge in [-0.3, -0.25) is 9.68 Å². The number of benzene rings is 4. The minimum absolute atomic E-state index is 0.123. The number of rotatable bonds is 18. The minimum atomic E-state index is -0.895. The number of alkyl carbamates (subject to hydrolysis) is 2. The lowest BCUT2D eigenvalue weighted by atomic mass is 10.0. The molecule has 2 aliphatic carbocycles. The van der Waals surface area contributed by atoms with Gasteiger partial charge in [-0.2, -0.15) is 10.5 Å². The molecule has 0 spiro atoms. The van der Waals surface area contributed by atoms with E-state index in [4.69, 9.17) is 38.1 Å². The van der Waals surface area contributed by atoms with Gasteiger partial charge in [-0.15, -0.1) is 0 Å². The first-order valence-electron chi connectivity index (χ1n) is 25.4. The average molecular weight is 999 g/mol. The molecule has 2 aliphatic heterocycles. The Kier molecular flexibility index (Phi) is 21.2. The van der Waals surface area contributed by atoms with Crippen molar-refractivity contribution >= 4 is 12.2 Å². The number of hydrogen-bond acceptors (Lipinski definition) is 14. The zero-order valence-electron chi connectivity index (χ0n) is 43.2. The van der Waals surface area contributed by atoms with E-state index in [9.17, 15) is 19.8 Å². The summed E-state index contributed by atoms with van der Waals surface area (Å²) in [5, 5.41) is 29.4. The molecule has 2 saturated carbocycles. The van der Waals surface area contributed by atoms with Gasteiger partial charge < -0.3 is 49.3 Å². The first kappa shape index (κ1) is 55.7. The normalized spacial score (nSPS) is 16.9. The number of hydroxylamine groups is 3. The smallest absolute Gasteiger partial charge is 0.407 e. The number of fused-ring (bicyclic) bond motifs is 2. The van der Waals surface area contributed by atoms with E-state index < -0.39 is 47.7 Å². The summed E-state index contributed by atoms with van der Waals surface area (Å²) in [5.41, 5.74) is 5.88. The minimum Gasteiger partial charge on any atom is -0.454 e. The van der Waals surface area contributed by atoms with Crippen LogP contribution in [0.5, 0.6) is 23.0 Å². The summed E-state index contributed by atoms with van der Waals surface area (Å²) < 4.78 is 32.1. The fraction of sp³-hybridized carbons (Fsp3) is 0.536. The van der Waals surface area contributed by atoms with Crippen molar-refractivity contribution in [1.82, 2.24) is 21.2 Å². The van der Waals surface area contributed by atoms with E-state index in [2.05, 4.69) is 16.1 Å². The van der Waals surface area contributed by atoms with E-state index >= 15 is 0 Å². The van der Waals surface area contributed by atoms with Crippen molar-refractivity contribution in [2.75, 3.05) is 26.7 Å². The lowest BCUT2D eigenvalue weighted by molar-refractivity contribution is -0.214. The number of aliphatic hydroxyl groups excluding tert-OH is 2. The number of ether oxygens (including phenoxy) is 6. The first-order chi connectivity index (χ1) is 34.4. The number of amides is 2. The van der Waals surface area contributed by atoms with Crippen LogP contribution in [0.3, 0.4) is 0 Å². The molecule has 394 valence electrons. The van der Waals surface area contributed by atoms with Crippen LogP contribution in [0.25, 0.3) is 0 Å². The molecule has 4 atom stereocenters. The van der Waals surface area contributed by atoms with Crippen molar-refractivity contribution in [3.05, 3.63) is 119 Å². The van der Waals surface area contributed by atoms with Crippen LogP contribution < -0.4 is 35.1 Å². The monoisotopic (exact) mass is 999 g/mol. The van der Waals surface area contributed by atoms with E-state index in [0.29, 0.717) is 31.9 Å². The van der Waals surface area contributed by atoms with Crippen molar-refractivity contribution in [3.8, 4) is 23.0 Å². The van der Waals surface area contributed by atoms with Crippen LogP contribution in [0.15, 0.2) is 97.1 Å². The number of nitrogens with one attached hydrogen (secondary N) is 3. The molecule has 2 amide bonds. The molecule has 16 nitrogen and oxygen atoms in total. The summed E-state index contributed by atoms with van der Waals surface area (Å²) in [6, 6.07) is 30.2. The van der Waals surface area contributed by atoms with Gasteiger partial charge in [-0.25, -0.2) is 9.59 Å². The first-order valence-corrected chi connectivity index (χ1v) is 25.4. The molecule has 0 radical (unpaired) electrons. The second-order valence-corrected chi connectivity index (χ2v) is 20.8. The lowest BCUT2D eigenvalue weighted by Crippen LogP contribution is -2.50. The predicted molar refractivity (Wildman–Crippen MR) is 274 cm³/mol. The van der Waals surface area contributed by atoms with Gasteiger partial charge in [-0.1, -0.05) is 98.5 Å². The van der Waals surface area contributed by atoms with Gasteiger partial charge in [0.15, 0.2) is 23.0 Å². The number of hydrogen-bond donors (Lipinski definition) is 5. The molecule has 4 aliphatic rings. The zero-order chi connectivity index (χ0) is 51.5. The van der Waals surface area contributed by atoms with Gasteiger partial charge in [-0.05, 0) is 134 Å². The van der Waals surface area contributed by atoms with Crippen molar-refractivity contribution in [3.63, 3.8) is 0 Å². The maximum atomic E-state index is 12.6. The summed E-state index contributed by atoms with van der Waals surface area (Å²) in [6.07, 6.45) is 7.27. The topological polar surface area (TPSA) is 188 Å². The summed E-state index contributed by atoms with van der Waals surface area (Å²) in [7, 11) is 0. The van der Waals surface area contributed by atoms with Gasteiger partial charge >= 0.3 is 12.2 Å². The van der Waals surface area contributed by atoms with E-state index in [1.807, 2.05) is 151 Å². The second-order valence-electron chi connectivity index (χ2n) is 20.8. The highest BCUT2D eigenvalue weighted by Crippen LogP contribution is 2.34. The number of carbonyl (C=O) groups is 2. The van der Waals surface area contributed by atoms with Crippen molar-refractivity contribution in [2.45, 2.75) is 167 Å². The van der Waals surface area contributed by atoms with Gasteiger partial charge in [0.1, 0.15) is 11.2 Å². The number of nitrogens with zero attached hydrogens (tertiary/aromatic N) is 1. The quantitative estimate of drug-likeness (QED) is 0.0594. The lowest BCUT2D eigenvalue weighted by Gasteiger charge is -2.32. The molecule has 4 aromatic rings. The van der Waals surface area contributed by atoms with Crippen LogP contribution in [0.1, 0.15) is 115 Å². The Morgan fingerprint density at radius 1 is 0.611 bits per heavy atom. The zero-order valence-corrected chi connectivity index (χ0v) is 43.2. The molecule has 2 heterocycles. The van der Waals surface area contributed by atoms with Crippen molar-refractivity contribution in [1.29, 1.82) is 0 Å². The van der Waals surface area contributed by atoms with Gasteiger partial charge in [0, 0.05) is 13.1 Å². The van der Waals surface area contributed by atoms with Crippen LogP contribution in [-0.4, -0.2) is 102 Å². The number of aryl methyl sites for hydroxylation is 1. The molecule has 0 saturated heterocycles. The fourth-order valence-corrected chi connectivity index (χ4v) is 8.55. The highest BCUT2D eigenvalue weighted by Gasteiger charge is 2.30. The fourth-order valence-electron chi connectivity index (χ4n) is 8.55. The largest absolute Gasteiger partial charge is 0.454 e. The molecule has 0 aromatic heterocycles. The summed E-state index contributed by atoms with van der Waals surface area (Å²) in [6.45, 7) is 14.4. The molecular weight excluding hydrogens is 921 g/mol. The van der Waals surface area contributed by atoms with E-state index in [0.717, 1.165) is 72.5 Å². The van der Waals surface area contributed by atoms with E-state index in [1.54, 1.807) is 0 Å². The highest BCUT2D eigenvalue weighted by molar-refractivity contribution is 5.68. The third-order valence-electron chi connectivity index (χ3n) is 12.1. The third-order valence-corrected chi connectivity index (χ3v) is 12.1. The predicted octanol–water partition coefficient (Wildman–Crippen LogP) is 9.26. The summed E-state index contributed by atoms with van der Waals surface area (Å²) in [4.78, 5) is 36.7. The van der Waals surface area contributed by atoms with Crippen molar-refractivity contribution in [2.24, 2.45) is 0 Å². The Balaban J connectivity index is 0.000000203. The molecule has 72 heavy (non-hydrogen) atoms. The number of aliphatic hydroxyl groups is 2. The Morgan fingerprint density at radius 3 is 1.61 bits per heavy atom. The third kappa shape index (κ3) is 19.8. The van der Waals surface area contributed by atoms with Crippen LogP contribution in [0.2, 0.25) is 0 Å². The second kappa shape index (κ2) is 27.4. The van der Waals surface area contributed by atoms with Crippen LogP contribution in [0, 0.1) is 6.92 Å². The standard InChI is InChI=1S/C28H38N2O6.C20H32N2O4.C8H8O2/c1-28(2,3)35-27(32)29-23(15-20-9-5-4-6-10-20)24(31)18-30(36-22-11-7-8-12-22)17-21-13-14-25-26(16-21)34-19-33-25;1-20(2,3)25-19(24)22-17(13-15-9-5-4-6-10-15)18(23)14-21-26-16-11-7-8-12-16;1-6-2-3-7-8(4-6)10-5-9-7/h4-6,9-10,13-14,16,22-24,31H,7-8,11-12,15,17-19H2,1-3H3,(H,29,32);4-6,9-10,16-18,21,23H,7-8,11-14H2,1-3H3,(H,22,24);2-4H,5H2,1H3. The molecule has 5 N–H and O–H groups in total. The SMILES string of the molecule is CC(C)(C)OC(=O)NC(Cc1ccccc1)C(O)CN(Cc1ccc2c(c1)OCO2)OC1CCCC1.CC(C)(C)OC(=O)NC(Cc1ccccc1)C(O)CNOC1CCCC1.Cc1ccc2c(c1)OCO2. The molecule has 0 bridgehead atoms. The molecular formula is C56H78N4O12. The molecule has 4 aromatic carbocycles.